The normalized spacial score (nSPS) is 11.8. The zero-order chi connectivity index (χ0) is 14.9. The first kappa shape index (κ1) is 14.9. The lowest BCUT2D eigenvalue weighted by Gasteiger charge is -2.00. The molecule has 0 radical (unpaired) electrons. The van der Waals surface area contributed by atoms with Crippen LogP contribution in [-0.2, 0) is 10.8 Å². The Kier molecular flexibility index (Phi) is 4.38. The summed E-state index contributed by atoms with van der Waals surface area (Å²) in [6, 6.07) is 8.81. The van der Waals surface area contributed by atoms with Gasteiger partial charge in [-0.1, -0.05) is 28.1 Å². The Morgan fingerprint density at radius 2 is 2.20 bits per heavy atom. The van der Waals surface area contributed by atoms with E-state index in [0.29, 0.717) is 9.77 Å². The molecule has 1 unspecified atom stereocenters. The minimum Gasteiger partial charge on any atom is -0.396 e. The maximum atomic E-state index is 12.4. The average molecular weight is 369 g/mol. The average Bonchev–Trinajstić information content (AvgIpc) is 2.75. The van der Waals surface area contributed by atoms with E-state index >= 15 is 0 Å². The second-order valence-electron chi connectivity index (χ2n) is 3.91. The Morgan fingerprint density at radius 1 is 1.50 bits per heavy atom. The number of benzene rings is 1. The summed E-state index contributed by atoms with van der Waals surface area (Å²) in [7, 11) is -1.35. The summed E-state index contributed by atoms with van der Waals surface area (Å²) < 4.78 is 12.7. The molecule has 20 heavy (non-hydrogen) atoms. The van der Waals surface area contributed by atoms with Gasteiger partial charge in [-0.15, -0.1) is 11.3 Å². The van der Waals surface area contributed by atoms with Crippen molar-refractivity contribution in [1.82, 2.24) is 0 Å². The monoisotopic (exact) mass is 368 g/mol. The molecule has 0 fully saturated rings. The van der Waals surface area contributed by atoms with Crippen molar-refractivity contribution >= 4 is 49.5 Å². The van der Waals surface area contributed by atoms with Crippen LogP contribution in [0.4, 0.5) is 5.69 Å². The Balaban J connectivity index is 2.57. The van der Waals surface area contributed by atoms with Crippen molar-refractivity contribution in [3.63, 3.8) is 0 Å². The molecule has 0 saturated heterocycles. The van der Waals surface area contributed by atoms with Crippen LogP contribution in [0.2, 0.25) is 0 Å². The Labute approximate surface area is 130 Å². The van der Waals surface area contributed by atoms with Crippen molar-refractivity contribution in [2.24, 2.45) is 0 Å². The highest BCUT2D eigenvalue weighted by Crippen LogP contribution is 2.34. The van der Waals surface area contributed by atoms with Gasteiger partial charge >= 0.3 is 0 Å². The van der Waals surface area contributed by atoms with E-state index in [1.165, 1.54) is 6.26 Å². The predicted molar refractivity (Wildman–Crippen MR) is 83.4 cm³/mol. The van der Waals surface area contributed by atoms with Crippen LogP contribution in [0, 0.1) is 11.3 Å². The molecule has 0 aliphatic carbocycles. The van der Waals surface area contributed by atoms with Crippen molar-refractivity contribution in [2.45, 2.75) is 4.21 Å². The number of carbonyl (C=O) groups excluding carboxylic acids is 1. The summed E-state index contributed by atoms with van der Waals surface area (Å²) in [5, 5.41) is 9.08. The number of hydrogen-bond donors (Lipinski definition) is 1. The summed E-state index contributed by atoms with van der Waals surface area (Å²) in [5.74, 6) is -0.276. The quantitative estimate of drug-likeness (QED) is 0.844. The van der Waals surface area contributed by atoms with Gasteiger partial charge in [0.15, 0.2) is 0 Å². The number of nitriles is 1. The topological polar surface area (TPSA) is 83.9 Å². The van der Waals surface area contributed by atoms with Crippen LogP contribution in [-0.4, -0.2) is 16.2 Å². The summed E-state index contributed by atoms with van der Waals surface area (Å²) >= 11 is 4.31. The van der Waals surface area contributed by atoms with E-state index in [9.17, 15) is 9.00 Å². The third-order valence-corrected chi connectivity index (χ3v) is 5.75. The van der Waals surface area contributed by atoms with Gasteiger partial charge in [-0.3, -0.25) is 9.00 Å². The smallest absolute Gasteiger partial charge is 0.205 e. The molecule has 102 valence electrons. The largest absolute Gasteiger partial charge is 0.396 e. The second-order valence-corrected chi connectivity index (χ2v) is 7.42. The van der Waals surface area contributed by atoms with Gasteiger partial charge in [0.1, 0.15) is 20.7 Å². The van der Waals surface area contributed by atoms with Gasteiger partial charge in [-0.2, -0.15) is 5.26 Å². The van der Waals surface area contributed by atoms with Crippen LogP contribution >= 0.6 is 27.3 Å². The maximum Gasteiger partial charge on any atom is 0.205 e. The fourth-order valence-electron chi connectivity index (χ4n) is 1.66. The van der Waals surface area contributed by atoms with Crippen LogP contribution in [0.15, 0.2) is 32.9 Å². The lowest BCUT2D eigenvalue weighted by Crippen LogP contribution is -2.02. The molecule has 1 heterocycles. The van der Waals surface area contributed by atoms with Gasteiger partial charge in [0.25, 0.3) is 0 Å². The van der Waals surface area contributed by atoms with Gasteiger partial charge in [-0.25, -0.2) is 0 Å². The van der Waals surface area contributed by atoms with Gasteiger partial charge in [0.2, 0.25) is 5.78 Å². The first-order valence-corrected chi connectivity index (χ1v) is 8.58. The molecule has 1 aromatic carbocycles. The third-order valence-electron chi connectivity index (χ3n) is 2.58. The molecule has 0 aliphatic rings. The Hall–Kier alpha value is -1.49. The first-order valence-electron chi connectivity index (χ1n) is 5.41. The summed E-state index contributed by atoms with van der Waals surface area (Å²) in [6.45, 7) is 0. The van der Waals surface area contributed by atoms with Crippen molar-refractivity contribution in [3.05, 3.63) is 44.7 Å². The molecule has 0 bridgehead atoms. The molecular weight excluding hydrogens is 360 g/mol. The first-order chi connectivity index (χ1) is 9.45. The molecule has 0 saturated carbocycles. The fourth-order valence-corrected chi connectivity index (χ4v) is 4.09. The number of halogens is 1. The van der Waals surface area contributed by atoms with Crippen LogP contribution in [0.25, 0.3) is 0 Å². The van der Waals surface area contributed by atoms with E-state index in [0.717, 1.165) is 15.8 Å². The maximum absolute atomic E-state index is 12.4. The standard InChI is InChI=1S/C13H9BrN2O2S2/c1-20(18)13-9(6-15)10(16)12(19-13)11(17)7-3-2-4-8(14)5-7/h2-5H,16H2,1H3. The molecule has 1 atom stereocenters. The summed E-state index contributed by atoms with van der Waals surface area (Å²) in [4.78, 5) is 12.7. The minimum atomic E-state index is -1.35. The van der Waals surface area contributed by atoms with Crippen molar-refractivity contribution < 1.29 is 9.00 Å². The molecule has 4 nitrogen and oxygen atoms in total. The highest BCUT2D eigenvalue weighted by Gasteiger charge is 2.23. The number of hydrogen-bond acceptors (Lipinski definition) is 5. The molecule has 2 N–H and O–H groups in total. The third kappa shape index (κ3) is 2.68. The number of ketones is 1. The van der Waals surface area contributed by atoms with Gasteiger partial charge < -0.3 is 5.73 Å². The molecule has 2 aromatic rings. The van der Waals surface area contributed by atoms with Crippen LogP contribution in [0.3, 0.4) is 0 Å². The van der Waals surface area contributed by atoms with E-state index < -0.39 is 10.8 Å². The van der Waals surface area contributed by atoms with E-state index in [2.05, 4.69) is 15.9 Å². The zero-order valence-electron chi connectivity index (χ0n) is 10.3. The zero-order valence-corrected chi connectivity index (χ0v) is 13.6. The van der Waals surface area contributed by atoms with Crippen molar-refractivity contribution in [2.75, 3.05) is 12.0 Å². The van der Waals surface area contributed by atoms with E-state index in [1.807, 2.05) is 12.1 Å². The highest BCUT2D eigenvalue weighted by atomic mass is 79.9. The highest BCUT2D eigenvalue weighted by molar-refractivity contribution is 9.10. The molecule has 0 aliphatic heterocycles. The fraction of sp³-hybridized carbons (Fsp3) is 0.0769. The molecule has 0 amide bonds. The summed E-state index contributed by atoms with van der Waals surface area (Å²) in [6.07, 6.45) is 1.46. The molecular formula is C13H9BrN2O2S2. The lowest BCUT2D eigenvalue weighted by molar-refractivity contribution is 0.104. The van der Waals surface area contributed by atoms with Gasteiger partial charge in [0.05, 0.1) is 16.5 Å². The van der Waals surface area contributed by atoms with Crippen molar-refractivity contribution in [3.8, 4) is 6.07 Å². The number of nitrogen functional groups attached to an aromatic ring is 1. The van der Waals surface area contributed by atoms with Gasteiger partial charge in [0, 0.05) is 16.3 Å². The van der Waals surface area contributed by atoms with Crippen molar-refractivity contribution in [1.29, 1.82) is 5.26 Å². The Morgan fingerprint density at radius 3 is 2.70 bits per heavy atom. The van der Waals surface area contributed by atoms with Crippen LogP contribution in [0.5, 0.6) is 0 Å². The number of carbonyl (C=O) groups is 1. The predicted octanol–water partition coefficient (Wildman–Crippen LogP) is 2.93. The molecule has 1 aromatic heterocycles. The number of nitrogens with two attached hydrogens (primary N) is 1. The van der Waals surface area contributed by atoms with E-state index in [-0.39, 0.29) is 21.9 Å². The number of anilines is 1. The SMILES string of the molecule is CS(=O)c1sc(C(=O)c2cccc(Br)c2)c(N)c1C#N. The van der Waals surface area contributed by atoms with Gasteiger partial charge in [-0.05, 0) is 12.1 Å². The van der Waals surface area contributed by atoms with E-state index in [4.69, 9.17) is 11.0 Å². The number of nitrogens with zero attached hydrogens (tertiary/aromatic N) is 1. The summed E-state index contributed by atoms with van der Waals surface area (Å²) in [5.41, 5.74) is 6.55. The molecule has 2 rings (SSSR count). The van der Waals surface area contributed by atoms with E-state index in [1.54, 1.807) is 18.2 Å². The molecule has 0 spiro atoms. The lowest BCUT2D eigenvalue weighted by atomic mass is 10.1. The van der Waals surface area contributed by atoms with Crippen LogP contribution in [0.1, 0.15) is 20.8 Å². The minimum absolute atomic E-state index is 0.104. The number of thiophene rings is 1. The number of rotatable bonds is 3. The molecule has 7 heteroatoms. The Bertz CT molecular complexity index is 762. The second kappa shape index (κ2) is 5.87. The van der Waals surface area contributed by atoms with Crippen LogP contribution < -0.4 is 5.73 Å².